The van der Waals surface area contributed by atoms with Crippen LogP contribution >= 0.6 is 0 Å². The van der Waals surface area contributed by atoms with Gasteiger partial charge in [0.2, 0.25) is 0 Å². The Morgan fingerprint density at radius 2 is 1.88 bits per heavy atom. The van der Waals surface area contributed by atoms with Crippen molar-refractivity contribution in [1.29, 1.82) is 0 Å². The molecule has 1 saturated carbocycles. The van der Waals surface area contributed by atoms with Crippen molar-refractivity contribution in [1.82, 2.24) is 20.3 Å². The molecule has 2 N–H and O–H groups in total. The summed E-state index contributed by atoms with van der Waals surface area (Å²) in [6.07, 6.45) is 9.01. The van der Waals surface area contributed by atoms with Crippen LogP contribution in [-0.4, -0.2) is 32.5 Å². The number of benzene rings is 2. The molecular weight excluding hydrogens is 430 g/mol. The highest BCUT2D eigenvalue weighted by molar-refractivity contribution is 5.94. The Kier molecular flexibility index (Phi) is 5.53. The van der Waals surface area contributed by atoms with E-state index in [1.54, 1.807) is 12.5 Å². The smallest absolute Gasteiger partial charge is 0.251 e. The second kappa shape index (κ2) is 8.65. The lowest BCUT2D eigenvalue weighted by molar-refractivity contribution is 0.0940. The summed E-state index contributed by atoms with van der Waals surface area (Å²) in [7, 11) is 0. The van der Waals surface area contributed by atoms with Crippen molar-refractivity contribution in [3.05, 3.63) is 66.2 Å². The van der Waals surface area contributed by atoms with Crippen molar-refractivity contribution in [2.45, 2.75) is 31.7 Å². The van der Waals surface area contributed by atoms with Crippen LogP contribution in [-0.2, 0) is 0 Å². The van der Waals surface area contributed by atoms with Gasteiger partial charge in [0, 0.05) is 29.3 Å². The monoisotopic (exact) mass is 452 g/mol. The molecule has 170 valence electrons. The van der Waals surface area contributed by atoms with Crippen molar-refractivity contribution >= 4 is 16.8 Å². The van der Waals surface area contributed by atoms with Gasteiger partial charge in [-0.25, -0.2) is 8.78 Å². The summed E-state index contributed by atoms with van der Waals surface area (Å²) < 4.78 is 33.9. The maximum absolute atomic E-state index is 13.5. The van der Waals surface area contributed by atoms with E-state index in [0.717, 1.165) is 59.8 Å². The number of aromatic nitrogens is 3. The second-order valence-corrected chi connectivity index (χ2v) is 8.47. The minimum Gasteiger partial charge on any atom is -0.503 e. The predicted molar refractivity (Wildman–Crippen MR) is 117 cm³/mol. The average Bonchev–Trinajstić information content (AvgIpc) is 3.50. The molecule has 2 heterocycles. The molecule has 0 unspecified atom stereocenters. The molecule has 9 heteroatoms. The van der Waals surface area contributed by atoms with Crippen molar-refractivity contribution in [3.63, 3.8) is 0 Å². The number of halogens is 2. The third-order valence-electron chi connectivity index (χ3n) is 6.31. The van der Waals surface area contributed by atoms with Gasteiger partial charge in [-0.3, -0.25) is 9.48 Å². The third kappa shape index (κ3) is 4.30. The standard InChI is InChI=1S/C24H22F2N4O3/c25-20-7-17(8-21(26)23(20)31)24(32)27-10-14-1-5-19(6-2-14)30-12-16-4-3-15(9-22(16)29-30)18-11-28-33-13-18/h3-4,7-9,11-14,19,31H,1-2,5-6,10H2,(H,27,32)/t14-,19-. The Bertz CT molecular complexity index is 1270. The van der Waals surface area contributed by atoms with Gasteiger partial charge in [0.1, 0.15) is 6.26 Å². The summed E-state index contributed by atoms with van der Waals surface area (Å²) in [5.74, 6) is -3.66. The molecule has 33 heavy (non-hydrogen) atoms. The zero-order valence-corrected chi connectivity index (χ0v) is 17.7. The first-order chi connectivity index (χ1) is 16.0. The van der Waals surface area contributed by atoms with Crippen molar-refractivity contribution in [2.24, 2.45) is 5.92 Å². The molecule has 2 aromatic heterocycles. The van der Waals surface area contributed by atoms with Crippen LogP contribution in [0.15, 0.2) is 53.5 Å². The van der Waals surface area contributed by atoms with E-state index in [1.165, 1.54) is 0 Å². The molecule has 0 aliphatic heterocycles. The predicted octanol–water partition coefficient (Wildman–Crippen LogP) is 4.84. The van der Waals surface area contributed by atoms with Gasteiger partial charge in [-0.1, -0.05) is 17.3 Å². The number of fused-ring (bicyclic) bond motifs is 1. The van der Waals surface area contributed by atoms with Crippen LogP contribution < -0.4 is 5.32 Å². The van der Waals surface area contributed by atoms with Gasteiger partial charge >= 0.3 is 0 Å². The van der Waals surface area contributed by atoms with Gasteiger partial charge < -0.3 is 14.9 Å². The Labute approximate surface area is 188 Å². The van der Waals surface area contributed by atoms with Crippen LogP contribution in [0.1, 0.15) is 42.1 Å². The minimum absolute atomic E-state index is 0.148. The Morgan fingerprint density at radius 1 is 1.12 bits per heavy atom. The van der Waals surface area contributed by atoms with Crippen LogP contribution in [0.4, 0.5) is 8.78 Å². The van der Waals surface area contributed by atoms with E-state index in [2.05, 4.69) is 16.7 Å². The highest BCUT2D eigenvalue weighted by Crippen LogP contribution is 2.33. The number of phenols is 1. The molecule has 0 spiro atoms. The molecule has 0 bridgehead atoms. The fourth-order valence-electron chi connectivity index (χ4n) is 4.40. The van der Waals surface area contributed by atoms with Gasteiger partial charge in [0.25, 0.3) is 5.91 Å². The number of hydrogen-bond donors (Lipinski definition) is 2. The quantitative estimate of drug-likeness (QED) is 0.452. The number of carbonyl (C=O) groups excluding carboxylic acids is 1. The molecule has 2 aromatic carbocycles. The maximum atomic E-state index is 13.5. The van der Waals surface area contributed by atoms with E-state index in [-0.39, 0.29) is 17.5 Å². The molecule has 1 fully saturated rings. The lowest BCUT2D eigenvalue weighted by atomic mass is 9.86. The fraction of sp³-hybridized carbons (Fsp3) is 0.292. The van der Waals surface area contributed by atoms with Crippen LogP contribution in [0.2, 0.25) is 0 Å². The SMILES string of the molecule is O=C(NC[C@H]1CC[C@H](n2cc3ccc(-c4cnoc4)cc3n2)CC1)c1cc(F)c(O)c(F)c1. The molecule has 7 nitrogen and oxygen atoms in total. The maximum Gasteiger partial charge on any atom is 0.251 e. The summed E-state index contributed by atoms with van der Waals surface area (Å²) in [5, 5.41) is 21.5. The molecule has 5 rings (SSSR count). The molecule has 1 aliphatic rings. The number of nitrogens with one attached hydrogen (secondary N) is 1. The lowest BCUT2D eigenvalue weighted by Gasteiger charge is -2.28. The van der Waals surface area contributed by atoms with Crippen LogP contribution in [0.25, 0.3) is 22.0 Å². The number of aromatic hydroxyl groups is 1. The van der Waals surface area contributed by atoms with E-state index >= 15 is 0 Å². The Hall–Kier alpha value is -3.75. The van der Waals surface area contributed by atoms with Crippen LogP contribution in [0, 0.1) is 17.6 Å². The number of rotatable bonds is 5. The number of nitrogens with zero attached hydrogens (tertiary/aromatic N) is 3. The average molecular weight is 452 g/mol. The second-order valence-electron chi connectivity index (χ2n) is 8.47. The first-order valence-corrected chi connectivity index (χ1v) is 10.8. The van der Waals surface area contributed by atoms with E-state index in [1.807, 2.05) is 22.9 Å². The number of hydrogen-bond acceptors (Lipinski definition) is 5. The van der Waals surface area contributed by atoms with Crippen LogP contribution in [0.3, 0.4) is 0 Å². The van der Waals surface area contributed by atoms with Gasteiger partial charge in [0.15, 0.2) is 17.4 Å². The number of amides is 1. The summed E-state index contributed by atoms with van der Waals surface area (Å²) in [4.78, 5) is 12.3. The summed E-state index contributed by atoms with van der Waals surface area (Å²) in [6, 6.07) is 8.03. The minimum atomic E-state index is -1.15. The topological polar surface area (TPSA) is 93.2 Å². The molecule has 0 saturated heterocycles. The first-order valence-electron chi connectivity index (χ1n) is 10.8. The first kappa shape index (κ1) is 21.1. The molecule has 0 radical (unpaired) electrons. The Balaban J connectivity index is 1.18. The highest BCUT2D eigenvalue weighted by Gasteiger charge is 2.24. The van der Waals surface area contributed by atoms with Gasteiger partial charge in [-0.2, -0.15) is 5.10 Å². The van der Waals surface area contributed by atoms with Gasteiger partial charge in [-0.05, 0) is 55.4 Å². The van der Waals surface area contributed by atoms with Crippen LogP contribution in [0.5, 0.6) is 5.75 Å². The lowest BCUT2D eigenvalue weighted by Crippen LogP contribution is -2.31. The van der Waals surface area contributed by atoms with Crippen molar-refractivity contribution in [2.75, 3.05) is 6.54 Å². The zero-order valence-electron chi connectivity index (χ0n) is 17.7. The normalized spacial score (nSPS) is 18.5. The van der Waals surface area contributed by atoms with E-state index in [9.17, 15) is 18.7 Å². The molecular formula is C24H22F2N4O3. The zero-order chi connectivity index (χ0) is 22.9. The van der Waals surface area contributed by atoms with E-state index in [4.69, 9.17) is 9.62 Å². The van der Waals surface area contributed by atoms with Crippen molar-refractivity contribution < 1.29 is 23.2 Å². The number of phenolic OH excluding ortho intramolecular Hbond substituents is 1. The molecule has 1 amide bonds. The summed E-state index contributed by atoms with van der Waals surface area (Å²) in [6.45, 7) is 0.429. The Morgan fingerprint density at radius 3 is 2.58 bits per heavy atom. The van der Waals surface area contributed by atoms with E-state index < -0.39 is 23.3 Å². The number of carbonyl (C=O) groups is 1. The largest absolute Gasteiger partial charge is 0.503 e. The molecule has 4 aromatic rings. The third-order valence-corrected chi connectivity index (χ3v) is 6.31. The molecule has 0 atom stereocenters. The van der Waals surface area contributed by atoms with Gasteiger partial charge in [-0.15, -0.1) is 0 Å². The van der Waals surface area contributed by atoms with Gasteiger partial charge in [0.05, 0.1) is 17.8 Å². The summed E-state index contributed by atoms with van der Waals surface area (Å²) in [5.41, 5.74) is 2.68. The fourth-order valence-corrected chi connectivity index (χ4v) is 4.40. The summed E-state index contributed by atoms with van der Waals surface area (Å²) >= 11 is 0. The highest BCUT2D eigenvalue weighted by atomic mass is 19.1. The molecule has 1 aliphatic carbocycles. The van der Waals surface area contributed by atoms with Crippen molar-refractivity contribution in [3.8, 4) is 16.9 Å². The van der Waals surface area contributed by atoms with E-state index in [0.29, 0.717) is 6.54 Å².